The summed E-state index contributed by atoms with van der Waals surface area (Å²) in [5, 5.41) is 4.21. The summed E-state index contributed by atoms with van der Waals surface area (Å²) in [6.45, 7) is 1.90. The second kappa shape index (κ2) is 3.14. The summed E-state index contributed by atoms with van der Waals surface area (Å²) >= 11 is 6.07. The topological polar surface area (TPSA) is 21.3 Å². The van der Waals surface area contributed by atoms with Crippen molar-refractivity contribution < 1.29 is 4.74 Å². The maximum atomic E-state index is 6.07. The van der Waals surface area contributed by atoms with Gasteiger partial charge in [-0.15, -0.1) is 0 Å². The minimum atomic E-state index is 0.459. The van der Waals surface area contributed by atoms with Crippen LogP contribution < -0.4 is 10.1 Å². The van der Waals surface area contributed by atoms with Gasteiger partial charge in [0.25, 0.3) is 0 Å². The normalized spacial score (nSPS) is 23.9. The minimum Gasteiger partial charge on any atom is -0.493 e. The summed E-state index contributed by atoms with van der Waals surface area (Å²) in [5.41, 5.74) is 2.51. The Balaban J connectivity index is 2.08. The van der Waals surface area contributed by atoms with Crippen LogP contribution in [-0.4, -0.2) is 13.2 Å². The highest BCUT2D eigenvalue weighted by atomic mass is 35.5. The van der Waals surface area contributed by atoms with Crippen molar-refractivity contribution in [3.8, 4) is 5.75 Å². The largest absolute Gasteiger partial charge is 0.493 e. The molecule has 2 aliphatic heterocycles. The van der Waals surface area contributed by atoms with Gasteiger partial charge in [-0.05, 0) is 30.7 Å². The van der Waals surface area contributed by atoms with Gasteiger partial charge in [-0.3, -0.25) is 0 Å². The predicted octanol–water partition coefficient (Wildman–Crippen LogP) is 2.31. The number of nitrogens with one attached hydrogen (secondary N) is 1. The van der Waals surface area contributed by atoms with E-state index in [1.165, 1.54) is 17.5 Å². The van der Waals surface area contributed by atoms with E-state index in [9.17, 15) is 0 Å². The first-order valence-electron chi connectivity index (χ1n) is 5.03. The Morgan fingerprint density at radius 2 is 2.29 bits per heavy atom. The molecule has 3 heteroatoms. The minimum absolute atomic E-state index is 0.459. The highest BCUT2D eigenvalue weighted by Gasteiger charge is 2.26. The van der Waals surface area contributed by atoms with Crippen molar-refractivity contribution in [2.75, 3.05) is 13.2 Å². The summed E-state index contributed by atoms with van der Waals surface area (Å²) in [4.78, 5) is 0. The quantitative estimate of drug-likeness (QED) is 0.767. The third-order valence-electron chi connectivity index (χ3n) is 2.98. The highest BCUT2D eigenvalue weighted by Crippen LogP contribution is 2.38. The van der Waals surface area contributed by atoms with Crippen LogP contribution in [0.4, 0.5) is 0 Å². The lowest BCUT2D eigenvalue weighted by atomic mass is 9.95. The number of halogens is 1. The first kappa shape index (κ1) is 8.57. The Morgan fingerprint density at radius 1 is 1.43 bits per heavy atom. The van der Waals surface area contributed by atoms with Crippen LogP contribution in [0.25, 0.3) is 0 Å². The van der Waals surface area contributed by atoms with Crippen molar-refractivity contribution >= 4 is 11.6 Å². The number of rotatable bonds is 1. The van der Waals surface area contributed by atoms with Gasteiger partial charge in [0.1, 0.15) is 5.75 Å². The summed E-state index contributed by atoms with van der Waals surface area (Å²) in [7, 11) is 0. The molecule has 0 saturated carbocycles. The van der Waals surface area contributed by atoms with E-state index in [2.05, 4.69) is 5.32 Å². The van der Waals surface area contributed by atoms with Crippen molar-refractivity contribution in [2.45, 2.75) is 18.9 Å². The lowest BCUT2D eigenvalue weighted by Crippen LogP contribution is -2.35. The lowest BCUT2D eigenvalue weighted by Gasteiger charge is -2.29. The van der Waals surface area contributed by atoms with Crippen LogP contribution >= 0.6 is 11.6 Å². The Bertz CT molecular complexity index is 374. The SMILES string of the molecule is Clc1cc2c(c([C@H]3CCN3)c1)OCC2. The third kappa shape index (κ3) is 1.22. The molecule has 0 aliphatic carbocycles. The van der Waals surface area contributed by atoms with Gasteiger partial charge in [0, 0.05) is 23.0 Å². The Kier molecular flexibility index (Phi) is 1.92. The number of hydrogen-bond donors (Lipinski definition) is 1. The second-order valence-electron chi connectivity index (χ2n) is 3.88. The molecule has 0 unspecified atom stereocenters. The van der Waals surface area contributed by atoms with Crippen LogP contribution in [0.2, 0.25) is 5.02 Å². The molecular weight excluding hydrogens is 198 g/mol. The highest BCUT2D eigenvalue weighted by molar-refractivity contribution is 6.30. The maximum absolute atomic E-state index is 6.07. The maximum Gasteiger partial charge on any atom is 0.127 e. The van der Waals surface area contributed by atoms with Crippen molar-refractivity contribution in [1.29, 1.82) is 0 Å². The molecule has 14 heavy (non-hydrogen) atoms. The van der Waals surface area contributed by atoms with Crippen molar-refractivity contribution in [3.05, 3.63) is 28.3 Å². The van der Waals surface area contributed by atoms with E-state index in [0.29, 0.717) is 6.04 Å². The van der Waals surface area contributed by atoms with Crippen LogP contribution in [0.3, 0.4) is 0 Å². The van der Waals surface area contributed by atoms with Crippen molar-refractivity contribution in [2.24, 2.45) is 0 Å². The van der Waals surface area contributed by atoms with Crippen LogP contribution in [0.1, 0.15) is 23.6 Å². The summed E-state index contributed by atoms with van der Waals surface area (Å²) < 4.78 is 5.64. The molecule has 0 bridgehead atoms. The second-order valence-corrected chi connectivity index (χ2v) is 4.31. The standard InChI is InChI=1S/C11H12ClNO/c12-8-5-7-2-4-14-11(7)9(6-8)10-1-3-13-10/h5-6,10,13H,1-4H2/t10-/m1/s1. The lowest BCUT2D eigenvalue weighted by molar-refractivity contribution is 0.330. The Labute approximate surface area is 88.2 Å². The predicted molar refractivity (Wildman–Crippen MR) is 56.0 cm³/mol. The first-order valence-corrected chi connectivity index (χ1v) is 5.41. The molecule has 1 N–H and O–H groups in total. The molecule has 1 aromatic rings. The summed E-state index contributed by atoms with van der Waals surface area (Å²) in [5.74, 6) is 1.08. The molecule has 1 saturated heterocycles. The molecular formula is C11H12ClNO. The molecule has 2 aliphatic rings. The fraction of sp³-hybridized carbons (Fsp3) is 0.455. The van der Waals surface area contributed by atoms with Gasteiger partial charge in [0.2, 0.25) is 0 Å². The number of benzene rings is 1. The summed E-state index contributed by atoms with van der Waals surface area (Å²) in [6, 6.07) is 4.51. The molecule has 74 valence electrons. The van der Waals surface area contributed by atoms with E-state index in [1.807, 2.05) is 12.1 Å². The van der Waals surface area contributed by atoms with E-state index in [4.69, 9.17) is 16.3 Å². The molecule has 1 fully saturated rings. The molecule has 0 spiro atoms. The van der Waals surface area contributed by atoms with E-state index < -0.39 is 0 Å². The molecule has 0 aromatic heterocycles. The first-order chi connectivity index (χ1) is 6.84. The van der Waals surface area contributed by atoms with Crippen molar-refractivity contribution in [3.63, 3.8) is 0 Å². The zero-order chi connectivity index (χ0) is 9.54. The van der Waals surface area contributed by atoms with Crippen LogP contribution in [0, 0.1) is 0 Å². The number of fused-ring (bicyclic) bond motifs is 1. The van der Waals surface area contributed by atoms with Gasteiger partial charge in [-0.25, -0.2) is 0 Å². The van der Waals surface area contributed by atoms with Gasteiger partial charge in [-0.2, -0.15) is 0 Å². The monoisotopic (exact) mass is 209 g/mol. The van der Waals surface area contributed by atoms with Gasteiger partial charge in [0.05, 0.1) is 6.61 Å². The van der Waals surface area contributed by atoms with Gasteiger partial charge >= 0.3 is 0 Å². The molecule has 3 rings (SSSR count). The Hall–Kier alpha value is -0.730. The third-order valence-corrected chi connectivity index (χ3v) is 3.19. The van der Waals surface area contributed by atoms with Gasteiger partial charge < -0.3 is 10.1 Å². The van der Waals surface area contributed by atoms with Crippen molar-refractivity contribution in [1.82, 2.24) is 5.32 Å². The van der Waals surface area contributed by atoms with E-state index >= 15 is 0 Å². The molecule has 0 amide bonds. The number of hydrogen-bond acceptors (Lipinski definition) is 2. The average Bonchev–Trinajstić information content (AvgIpc) is 2.47. The molecule has 1 atom stereocenters. The average molecular weight is 210 g/mol. The Morgan fingerprint density at radius 3 is 3.00 bits per heavy atom. The molecule has 2 nitrogen and oxygen atoms in total. The van der Waals surface area contributed by atoms with E-state index in [-0.39, 0.29) is 0 Å². The molecule has 0 radical (unpaired) electrons. The zero-order valence-corrected chi connectivity index (χ0v) is 8.60. The summed E-state index contributed by atoms with van der Waals surface area (Å²) in [6.07, 6.45) is 2.19. The van der Waals surface area contributed by atoms with E-state index in [1.54, 1.807) is 0 Å². The van der Waals surface area contributed by atoms with Crippen LogP contribution in [0.15, 0.2) is 12.1 Å². The molecule has 2 heterocycles. The fourth-order valence-corrected chi connectivity index (χ4v) is 2.36. The van der Waals surface area contributed by atoms with Gasteiger partial charge in [-0.1, -0.05) is 11.6 Å². The number of ether oxygens (including phenoxy) is 1. The fourth-order valence-electron chi connectivity index (χ4n) is 2.11. The van der Waals surface area contributed by atoms with Gasteiger partial charge in [0.15, 0.2) is 0 Å². The van der Waals surface area contributed by atoms with E-state index in [0.717, 1.165) is 30.3 Å². The van der Waals surface area contributed by atoms with Crippen LogP contribution in [-0.2, 0) is 6.42 Å². The zero-order valence-electron chi connectivity index (χ0n) is 7.85. The smallest absolute Gasteiger partial charge is 0.127 e. The van der Waals surface area contributed by atoms with Crippen LogP contribution in [0.5, 0.6) is 5.75 Å². The molecule has 1 aromatic carbocycles.